The molecule has 0 aliphatic carbocycles. The van der Waals surface area contributed by atoms with Gasteiger partial charge in [0.15, 0.2) is 0 Å². The predicted molar refractivity (Wildman–Crippen MR) is 121 cm³/mol. The van der Waals surface area contributed by atoms with Crippen LogP contribution in [0.3, 0.4) is 0 Å². The molecule has 33 heavy (non-hydrogen) atoms. The van der Waals surface area contributed by atoms with Gasteiger partial charge in [0, 0.05) is 33.7 Å². The van der Waals surface area contributed by atoms with Crippen LogP contribution in [-0.4, -0.2) is 52.4 Å². The lowest BCUT2D eigenvalue weighted by Gasteiger charge is -2.23. The molecule has 7 nitrogen and oxygen atoms in total. The molecule has 11 heteroatoms. The van der Waals surface area contributed by atoms with Crippen molar-refractivity contribution in [3.05, 3.63) is 53.6 Å². The van der Waals surface area contributed by atoms with Crippen molar-refractivity contribution in [2.75, 3.05) is 43.9 Å². The molecule has 1 fully saturated rings. The van der Waals surface area contributed by atoms with E-state index in [0.29, 0.717) is 11.3 Å². The smallest absolute Gasteiger partial charge is 0.374 e. The van der Waals surface area contributed by atoms with Crippen LogP contribution in [0.1, 0.15) is 24.0 Å². The van der Waals surface area contributed by atoms with Crippen molar-refractivity contribution in [3.63, 3.8) is 0 Å². The fraction of sp³-hybridized carbons (Fsp3) is 0.409. The number of amides is 1. The number of benzene rings is 2. The summed E-state index contributed by atoms with van der Waals surface area (Å²) < 4.78 is 65.7. The van der Waals surface area contributed by atoms with Gasteiger partial charge in [0.2, 0.25) is 15.9 Å². The van der Waals surface area contributed by atoms with Gasteiger partial charge < -0.3 is 15.5 Å². The zero-order valence-electron chi connectivity index (χ0n) is 18.4. The van der Waals surface area contributed by atoms with Crippen LogP contribution in [0.2, 0.25) is 0 Å². The van der Waals surface area contributed by atoms with Crippen molar-refractivity contribution in [2.24, 2.45) is 0 Å². The summed E-state index contributed by atoms with van der Waals surface area (Å²) >= 11 is 0. The number of carbonyl (C=O) groups is 1. The van der Waals surface area contributed by atoms with Gasteiger partial charge in [-0.1, -0.05) is 18.2 Å². The average Bonchev–Trinajstić information content (AvgIpc) is 3.30. The number of anilines is 2. The maximum atomic E-state index is 13.2. The highest BCUT2D eigenvalue weighted by Gasteiger charge is 2.31. The summed E-state index contributed by atoms with van der Waals surface area (Å²) in [6.45, 7) is 1.18. The predicted octanol–water partition coefficient (Wildman–Crippen LogP) is 3.28. The molecule has 0 unspecified atom stereocenters. The van der Waals surface area contributed by atoms with Crippen molar-refractivity contribution < 1.29 is 26.4 Å². The Labute approximate surface area is 191 Å². The molecule has 1 saturated heterocycles. The summed E-state index contributed by atoms with van der Waals surface area (Å²) in [5.74, 6) is -0.475. The number of hydrogen-bond donors (Lipinski definition) is 2. The molecule has 0 spiro atoms. The number of nitrogens with zero attached hydrogens (tertiary/aromatic N) is 2. The van der Waals surface area contributed by atoms with Crippen LogP contribution >= 0.6 is 0 Å². The zero-order chi connectivity index (χ0) is 24.2. The Morgan fingerprint density at radius 3 is 2.39 bits per heavy atom. The maximum absolute atomic E-state index is 13.2. The zero-order valence-corrected chi connectivity index (χ0v) is 19.3. The van der Waals surface area contributed by atoms with Crippen LogP contribution in [0.15, 0.2) is 47.4 Å². The monoisotopic (exact) mass is 484 g/mol. The van der Waals surface area contributed by atoms with Crippen molar-refractivity contribution in [2.45, 2.75) is 30.5 Å². The topological polar surface area (TPSA) is 81.8 Å². The standard InChI is InChI=1S/C22H27F3N4O3S/c1-28(2)33(31,32)20-8-4-3-7-16(20)14-27-21(30)15-26-18-13-17(22(23,24)25)9-10-19(18)29-11-5-6-12-29/h3-4,7-10,13,26H,5-6,11-12,14-15H2,1-2H3,(H,27,30). The van der Waals surface area contributed by atoms with E-state index in [1.807, 2.05) is 4.90 Å². The molecule has 0 saturated carbocycles. The van der Waals surface area contributed by atoms with E-state index in [-0.39, 0.29) is 23.7 Å². The van der Waals surface area contributed by atoms with Gasteiger partial charge in [0.25, 0.3) is 0 Å². The molecule has 1 heterocycles. The van der Waals surface area contributed by atoms with E-state index in [4.69, 9.17) is 0 Å². The third-order valence-corrected chi connectivity index (χ3v) is 7.33. The second-order valence-electron chi connectivity index (χ2n) is 7.95. The number of alkyl halides is 3. The van der Waals surface area contributed by atoms with Crippen molar-refractivity contribution >= 4 is 27.3 Å². The van der Waals surface area contributed by atoms with Gasteiger partial charge in [-0.15, -0.1) is 0 Å². The number of hydrogen-bond acceptors (Lipinski definition) is 5. The molecule has 180 valence electrons. The van der Waals surface area contributed by atoms with Crippen LogP contribution < -0.4 is 15.5 Å². The fourth-order valence-corrected chi connectivity index (χ4v) is 4.73. The first-order valence-electron chi connectivity index (χ1n) is 10.5. The lowest BCUT2D eigenvalue weighted by atomic mass is 10.1. The highest BCUT2D eigenvalue weighted by atomic mass is 32.2. The van der Waals surface area contributed by atoms with E-state index >= 15 is 0 Å². The second kappa shape index (κ2) is 10.0. The molecular formula is C22H27F3N4O3S. The number of sulfonamides is 1. The van der Waals surface area contributed by atoms with Gasteiger partial charge in [0.1, 0.15) is 0 Å². The third-order valence-electron chi connectivity index (χ3n) is 5.42. The van der Waals surface area contributed by atoms with Gasteiger partial charge in [0.05, 0.1) is 28.4 Å². The number of rotatable bonds is 8. The van der Waals surface area contributed by atoms with Gasteiger partial charge in [-0.2, -0.15) is 13.2 Å². The minimum Gasteiger partial charge on any atom is -0.374 e. The van der Waals surface area contributed by atoms with Crippen LogP contribution in [0.25, 0.3) is 0 Å². The largest absolute Gasteiger partial charge is 0.416 e. The van der Waals surface area contributed by atoms with E-state index in [2.05, 4.69) is 10.6 Å². The number of nitrogens with one attached hydrogen (secondary N) is 2. The molecule has 3 rings (SSSR count). The summed E-state index contributed by atoms with van der Waals surface area (Å²) in [6, 6.07) is 9.80. The molecule has 1 aliphatic heterocycles. The minimum atomic E-state index is -4.50. The second-order valence-corrected chi connectivity index (χ2v) is 10.1. The summed E-state index contributed by atoms with van der Waals surface area (Å²) in [4.78, 5) is 14.5. The Balaban J connectivity index is 1.71. The fourth-order valence-electron chi connectivity index (χ4n) is 3.62. The van der Waals surface area contributed by atoms with E-state index in [0.717, 1.165) is 42.4 Å². The first-order chi connectivity index (χ1) is 15.5. The van der Waals surface area contributed by atoms with Crippen LogP contribution in [0, 0.1) is 0 Å². The summed E-state index contributed by atoms with van der Waals surface area (Å²) in [5.41, 5.74) is 0.473. The number of halogens is 3. The first-order valence-corrected chi connectivity index (χ1v) is 11.9. The Kier molecular flexibility index (Phi) is 7.53. The van der Waals surface area contributed by atoms with Gasteiger partial charge >= 0.3 is 6.18 Å². The SMILES string of the molecule is CN(C)S(=O)(=O)c1ccccc1CNC(=O)CNc1cc(C(F)(F)F)ccc1N1CCCC1. The van der Waals surface area contributed by atoms with Gasteiger partial charge in [-0.05, 0) is 42.7 Å². The Morgan fingerprint density at radius 1 is 1.09 bits per heavy atom. The molecule has 1 aliphatic rings. The Bertz CT molecular complexity index is 1100. The van der Waals surface area contributed by atoms with E-state index < -0.39 is 27.7 Å². The normalized spacial score (nSPS) is 14.5. The molecule has 0 bridgehead atoms. The van der Waals surface area contributed by atoms with Crippen molar-refractivity contribution in [1.29, 1.82) is 0 Å². The Hall–Kier alpha value is -2.79. The lowest BCUT2D eigenvalue weighted by molar-refractivity contribution is -0.137. The van der Waals surface area contributed by atoms with E-state index in [9.17, 15) is 26.4 Å². The third kappa shape index (κ3) is 5.97. The summed E-state index contributed by atoms with van der Waals surface area (Å²) in [6.07, 6.45) is -2.59. The molecule has 0 atom stereocenters. The highest BCUT2D eigenvalue weighted by Crippen LogP contribution is 2.36. The van der Waals surface area contributed by atoms with E-state index in [1.165, 1.54) is 26.2 Å². The lowest BCUT2D eigenvalue weighted by Crippen LogP contribution is -2.31. The highest BCUT2D eigenvalue weighted by molar-refractivity contribution is 7.89. The van der Waals surface area contributed by atoms with Crippen LogP contribution in [-0.2, 0) is 27.5 Å². The first kappa shape index (κ1) is 24.8. The average molecular weight is 485 g/mol. The molecule has 2 aromatic carbocycles. The van der Waals surface area contributed by atoms with E-state index in [1.54, 1.807) is 18.2 Å². The van der Waals surface area contributed by atoms with Crippen molar-refractivity contribution in [3.8, 4) is 0 Å². The quantitative estimate of drug-likeness (QED) is 0.601. The molecule has 2 aromatic rings. The number of carbonyl (C=O) groups excluding carboxylic acids is 1. The van der Waals surface area contributed by atoms with Crippen LogP contribution in [0.4, 0.5) is 24.5 Å². The van der Waals surface area contributed by atoms with Gasteiger partial charge in [-0.25, -0.2) is 12.7 Å². The molecular weight excluding hydrogens is 457 g/mol. The molecule has 0 aromatic heterocycles. The Morgan fingerprint density at radius 2 is 1.76 bits per heavy atom. The molecule has 2 N–H and O–H groups in total. The molecule has 1 amide bonds. The van der Waals surface area contributed by atoms with Gasteiger partial charge in [-0.3, -0.25) is 4.79 Å². The minimum absolute atomic E-state index is 0.0364. The maximum Gasteiger partial charge on any atom is 0.416 e. The molecule has 0 radical (unpaired) electrons. The van der Waals surface area contributed by atoms with Crippen LogP contribution in [0.5, 0.6) is 0 Å². The van der Waals surface area contributed by atoms with Crippen molar-refractivity contribution in [1.82, 2.24) is 9.62 Å². The summed E-state index contributed by atoms with van der Waals surface area (Å²) in [7, 11) is -0.854. The summed E-state index contributed by atoms with van der Waals surface area (Å²) in [5, 5.41) is 5.46.